The lowest BCUT2D eigenvalue weighted by Gasteiger charge is -2.03. The van der Waals surface area contributed by atoms with E-state index in [0.29, 0.717) is 6.42 Å². The SMILES string of the molecule is CCC(O)CO[N+](=O)[O-]. The summed E-state index contributed by atoms with van der Waals surface area (Å²) in [4.78, 5) is 13.4. The van der Waals surface area contributed by atoms with Gasteiger partial charge >= 0.3 is 0 Å². The van der Waals surface area contributed by atoms with Crippen LogP contribution < -0.4 is 0 Å². The molecule has 5 nitrogen and oxygen atoms in total. The molecule has 5 heteroatoms. The molecule has 0 saturated carbocycles. The Morgan fingerprint density at radius 3 is 2.78 bits per heavy atom. The molecule has 0 aliphatic rings. The van der Waals surface area contributed by atoms with E-state index in [-0.39, 0.29) is 6.61 Å². The zero-order chi connectivity index (χ0) is 7.28. The first-order valence-electron chi connectivity index (χ1n) is 2.62. The van der Waals surface area contributed by atoms with Crippen molar-refractivity contribution in [2.75, 3.05) is 6.61 Å². The average Bonchev–Trinajstić information content (AvgIpc) is 1.83. The molecule has 1 N–H and O–H groups in total. The van der Waals surface area contributed by atoms with Gasteiger partial charge in [0, 0.05) is 0 Å². The molecule has 0 saturated heterocycles. The largest absolute Gasteiger partial charge is 0.391 e. The molecule has 0 aliphatic carbocycles. The number of hydrogen-bond acceptors (Lipinski definition) is 4. The summed E-state index contributed by atoms with van der Waals surface area (Å²) in [5.74, 6) is 0. The highest BCUT2D eigenvalue weighted by atomic mass is 17.0. The van der Waals surface area contributed by atoms with Crippen molar-refractivity contribution < 1.29 is 15.0 Å². The molecular weight excluding hydrogens is 126 g/mol. The van der Waals surface area contributed by atoms with E-state index < -0.39 is 11.2 Å². The third-order valence-corrected chi connectivity index (χ3v) is 0.844. The Labute approximate surface area is 52.3 Å². The Balaban J connectivity index is 3.16. The van der Waals surface area contributed by atoms with Gasteiger partial charge < -0.3 is 9.94 Å². The van der Waals surface area contributed by atoms with Gasteiger partial charge in [-0.05, 0) is 6.42 Å². The van der Waals surface area contributed by atoms with Gasteiger partial charge in [-0.15, -0.1) is 10.1 Å². The first-order chi connectivity index (χ1) is 4.16. The third-order valence-electron chi connectivity index (χ3n) is 0.844. The molecule has 0 aromatic heterocycles. The van der Waals surface area contributed by atoms with E-state index in [1.807, 2.05) is 0 Å². The summed E-state index contributed by atoms with van der Waals surface area (Å²) in [6.07, 6.45) is -0.260. The van der Waals surface area contributed by atoms with Crippen LogP contribution in [0.5, 0.6) is 0 Å². The zero-order valence-electron chi connectivity index (χ0n) is 5.11. The van der Waals surface area contributed by atoms with Gasteiger partial charge in [0.25, 0.3) is 5.09 Å². The van der Waals surface area contributed by atoms with Crippen molar-refractivity contribution in [3.63, 3.8) is 0 Å². The molecule has 9 heavy (non-hydrogen) atoms. The van der Waals surface area contributed by atoms with Crippen LogP contribution >= 0.6 is 0 Å². The Bertz CT molecular complexity index is 94.6. The predicted molar refractivity (Wildman–Crippen MR) is 29.2 cm³/mol. The molecule has 0 aromatic rings. The second kappa shape index (κ2) is 4.08. The van der Waals surface area contributed by atoms with Crippen molar-refractivity contribution in [2.24, 2.45) is 0 Å². The first-order valence-corrected chi connectivity index (χ1v) is 2.62. The van der Waals surface area contributed by atoms with Gasteiger partial charge in [-0.3, -0.25) is 0 Å². The first kappa shape index (κ1) is 8.16. The third kappa shape index (κ3) is 5.02. The van der Waals surface area contributed by atoms with Crippen molar-refractivity contribution in [3.8, 4) is 0 Å². The van der Waals surface area contributed by atoms with E-state index in [1.54, 1.807) is 6.92 Å². The van der Waals surface area contributed by atoms with E-state index in [9.17, 15) is 10.1 Å². The maximum atomic E-state index is 9.49. The molecule has 54 valence electrons. The van der Waals surface area contributed by atoms with E-state index in [1.165, 1.54) is 0 Å². The highest BCUT2D eigenvalue weighted by molar-refractivity contribution is 4.45. The Hall–Kier alpha value is -0.840. The smallest absolute Gasteiger partial charge is 0.294 e. The minimum Gasteiger partial charge on any atom is -0.391 e. The maximum absolute atomic E-state index is 9.49. The van der Waals surface area contributed by atoms with Crippen molar-refractivity contribution >= 4 is 0 Å². The van der Waals surface area contributed by atoms with E-state index in [0.717, 1.165) is 0 Å². The van der Waals surface area contributed by atoms with Crippen LogP contribution in [0.4, 0.5) is 0 Å². The normalized spacial score (nSPS) is 12.7. The lowest BCUT2D eigenvalue weighted by atomic mass is 10.3. The summed E-state index contributed by atoms with van der Waals surface area (Å²) in [6.45, 7) is 1.48. The monoisotopic (exact) mass is 135 g/mol. The minimum absolute atomic E-state index is 0.233. The van der Waals surface area contributed by atoms with E-state index in [4.69, 9.17) is 5.11 Å². The molecule has 0 heterocycles. The Kier molecular flexibility index (Phi) is 3.70. The molecule has 0 aliphatic heterocycles. The molecule has 1 atom stereocenters. The fraction of sp³-hybridized carbons (Fsp3) is 1.00. The van der Waals surface area contributed by atoms with Crippen molar-refractivity contribution in [3.05, 3.63) is 10.1 Å². The lowest BCUT2D eigenvalue weighted by molar-refractivity contribution is -0.759. The summed E-state index contributed by atoms with van der Waals surface area (Å²) in [5, 5.41) is 17.3. The fourth-order valence-electron chi connectivity index (χ4n) is 0.265. The molecule has 0 spiro atoms. The summed E-state index contributed by atoms with van der Waals surface area (Å²) in [6, 6.07) is 0. The van der Waals surface area contributed by atoms with Crippen LogP contribution in [0.2, 0.25) is 0 Å². The summed E-state index contributed by atoms with van der Waals surface area (Å²) < 4.78 is 0. The van der Waals surface area contributed by atoms with Gasteiger partial charge in [-0.2, -0.15) is 0 Å². The quantitative estimate of drug-likeness (QED) is 0.433. The predicted octanol–water partition coefficient (Wildman–Crippen LogP) is -0.0344. The maximum Gasteiger partial charge on any atom is 0.294 e. The second-order valence-corrected chi connectivity index (χ2v) is 1.58. The second-order valence-electron chi connectivity index (χ2n) is 1.58. The van der Waals surface area contributed by atoms with Gasteiger partial charge in [-0.1, -0.05) is 6.92 Å². The molecule has 0 amide bonds. The van der Waals surface area contributed by atoms with E-state index in [2.05, 4.69) is 4.84 Å². The Morgan fingerprint density at radius 1 is 1.89 bits per heavy atom. The van der Waals surface area contributed by atoms with Gasteiger partial charge in [-0.25, -0.2) is 0 Å². The number of rotatable bonds is 4. The van der Waals surface area contributed by atoms with Crippen LogP contribution in [0.15, 0.2) is 0 Å². The van der Waals surface area contributed by atoms with Gasteiger partial charge in [0.2, 0.25) is 0 Å². The molecule has 0 bridgehead atoms. The van der Waals surface area contributed by atoms with Crippen molar-refractivity contribution in [1.82, 2.24) is 0 Å². The van der Waals surface area contributed by atoms with Crippen LogP contribution in [0.1, 0.15) is 13.3 Å². The standard InChI is InChI=1S/C4H9NO4/c1-2-4(6)3-9-5(7)8/h4,6H,2-3H2,1H3. The van der Waals surface area contributed by atoms with Crippen LogP contribution in [-0.2, 0) is 4.84 Å². The number of aliphatic hydroxyl groups excluding tert-OH is 1. The molecule has 1 unspecified atom stereocenters. The lowest BCUT2D eigenvalue weighted by Crippen LogP contribution is -2.16. The van der Waals surface area contributed by atoms with Gasteiger partial charge in [0.15, 0.2) is 0 Å². The highest BCUT2D eigenvalue weighted by Crippen LogP contribution is 1.89. The van der Waals surface area contributed by atoms with E-state index >= 15 is 0 Å². The fourth-order valence-corrected chi connectivity index (χ4v) is 0.265. The van der Waals surface area contributed by atoms with Gasteiger partial charge in [0.1, 0.15) is 6.61 Å². The minimum atomic E-state index is -0.918. The Morgan fingerprint density at radius 2 is 2.44 bits per heavy atom. The highest BCUT2D eigenvalue weighted by Gasteiger charge is 2.02. The summed E-state index contributed by atoms with van der Waals surface area (Å²) in [5.41, 5.74) is 0. The molecule has 0 fully saturated rings. The average molecular weight is 135 g/mol. The zero-order valence-corrected chi connectivity index (χ0v) is 5.11. The molecule has 0 aromatic carbocycles. The van der Waals surface area contributed by atoms with Crippen molar-refractivity contribution in [2.45, 2.75) is 19.4 Å². The molecular formula is C4H9NO4. The summed E-state index contributed by atoms with van der Waals surface area (Å²) in [7, 11) is 0. The molecule has 0 radical (unpaired) electrons. The van der Waals surface area contributed by atoms with Crippen LogP contribution in [-0.4, -0.2) is 22.9 Å². The summed E-state index contributed by atoms with van der Waals surface area (Å²) >= 11 is 0. The number of hydrogen-bond donors (Lipinski definition) is 1. The van der Waals surface area contributed by atoms with Crippen LogP contribution in [0.3, 0.4) is 0 Å². The number of aliphatic hydroxyl groups is 1. The molecule has 0 rings (SSSR count). The van der Waals surface area contributed by atoms with Gasteiger partial charge in [0.05, 0.1) is 6.10 Å². The van der Waals surface area contributed by atoms with Crippen molar-refractivity contribution in [1.29, 1.82) is 0 Å². The van der Waals surface area contributed by atoms with Crippen LogP contribution in [0, 0.1) is 10.1 Å². The topological polar surface area (TPSA) is 72.6 Å². The number of nitrogens with zero attached hydrogens (tertiary/aromatic N) is 1. The van der Waals surface area contributed by atoms with Crippen LogP contribution in [0.25, 0.3) is 0 Å².